The number of hydrogen-bond donors (Lipinski definition) is 1. The van der Waals surface area contributed by atoms with E-state index >= 15 is 0 Å². The fourth-order valence-corrected chi connectivity index (χ4v) is 3.33. The molecule has 0 saturated heterocycles. The van der Waals surface area contributed by atoms with Gasteiger partial charge in [0.1, 0.15) is 0 Å². The zero-order valence-electron chi connectivity index (χ0n) is 12.3. The number of aromatic amines is 1. The van der Waals surface area contributed by atoms with E-state index in [1.807, 2.05) is 35.3 Å². The fourth-order valence-electron chi connectivity index (χ4n) is 2.27. The van der Waals surface area contributed by atoms with Crippen molar-refractivity contribution in [1.82, 2.24) is 24.9 Å². The molecule has 3 heterocycles. The molecule has 0 fully saturated rings. The van der Waals surface area contributed by atoms with Gasteiger partial charge in [0.05, 0.1) is 16.8 Å². The molecule has 0 aliphatic carbocycles. The zero-order chi connectivity index (χ0) is 14.7. The van der Waals surface area contributed by atoms with Crippen LogP contribution in [-0.2, 0) is 20.0 Å². The highest BCUT2D eigenvalue weighted by Crippen LogP contribution is 2.26. The molecule has 3 aromatic rings. The van der Waals surface area contributed by atoms with Crippen molar-refractivity contribution >= 4 is 11.3 Å². The Hall–Kier alpha value is -1.92. The molecule has 0 saturated carbocycles. The molecule has 6 heteroatoms. The topological polar surface area (TPSA) is 49.7 Å². The SMILES string of the molecule is CN(CCc1cnn(C)c1)Cc1ccc(-c2ccn[nH]2)s1. The van der Waals surface area contributed by atoms with E-state index in [9.17, 15) is 0 Å². The van der Waals surface area contributed by atoms with Gasteiger partial charge in [0.15, 0.2) is 0 Å². The van der Waals surface area contributed by atoms with Crippen molar-refractivity contribution < 1.29 is 0 Å². The lowest BCUT2D eigenvalue weighted by Gasteiger charge is -2.14. The summed E-state index contributed by atoms with van der Waals surface area (Å²) >= 11 is 1.82. The van der Waals surface area contributed by atoms with Crippen LogP contribution in [0.15, 0.2) is 36.8 Å². The average molecular weight is 301 g/mol. The third kappa shape index (κ3) is 3.59. The molecule has 21 heavy (non-hydrogen) atoms. The Morgan fingerprint density at radius 3 is 2.95 bits per heavy atom. The smallest absolute Gasteiger partial charge is 0.0749 e. The Bertz CT molecular complexity index is 683. The Labute approximate surface area is 128 Å². The van der Waals surface area contributed by atoms with Crippen molar-refractivity contribution in [3.05, 3.63) is 47.2 Å². The van der Waals surface area contributed by atoms with Gasteiger partial charge >= 0.3 is 0 Å². The Morgan fingerprint density at radius 1 is 1.33 bits per heavy atom. The normalized spacial score (nSPS) is 11.4. The Kier molecular flexibility index (Phi) is 4.17. The lowest BCUT2D eigenvalue weighted by molar-refractivity contribution is 0.334. The Morgan fingerprint density at radius 2 is 2.24 bits per heavy atom. The Balaban J connectivity index is 1.54. The molecule has 0 aliphatic heterocycles. The molecule has 3 rings (SSSR count). The van der Waals surface area contributed by atoms with E-state index in [-0.39, 0.29) is 0 Å². The van der Waals surface area contributed by atoms with Gasteiger partial charge in [0, 0.05) is 37.4 Å². The summed E-state index contributed by atoms with van der Waals surface area (Å²) in [5.74, 6) is 0. The first-order chi connectivity index (χ1) is 10.2. The summed E-state index contributed by atoms with van der Waals surface area (Å²) in [4.78, 5) is 4.95. The van der Waals surface area contributed by atoms with Crippen LogP contribution in [0.3, 0.4) is 0 Å². The molecule has 0 radical (unpaired) electrons. The van der Waals surface area contributed by atoms with Crippen LogP contribution in [-0.4, -0.2) is 38.5 Å². The molecule has 0 unspecified atom stereocenters. The van der Waals surface area contributed by atoms with E-state index in [1.165, 1.54) is 15.3 Å². The highest BCUT2D eigenvalue weighted by molar-refractivity contribution is 7.15. The van der Waals surface area contributed by atoms with Crippen LogP contribution in [0.4, 0.5) is 0 Å². The first kappa shape index (κ1) is 14.0. The van der Waals surface area contributed by atoms with Crippen molar-refractivity contribution in [2.45, 2.75) is 13.0 Å². The molecule has 3 aromatic heterocycles. The van der Waals surface area contributed by atoms with Gasteiger partial charge in [-0.05, 0) is 37.2 Å². The summed E-state index contributed by atoms with van der Waals surface area (Å²) in [5.41, 5.74) is 2.37. The van der Waals surface area contributed by atoms with Gasteiger partial charge in [-0.25, -0.2) is 0 Å². The van der Waals surface area contributed by atoms with Crippen LogP contribution in [0.25, 0.3) is 10.6 Å². The maximum absolute atomic E-state index is 4.20. The predicted octanol–water partition coefficient (Wildman–Crippen LogP) is 2.55. The highest BCUT2D eigenvalue weighted by atomic mass is 32.1. The third-order valence-corrected chi connectivity index (χ3v) is 4.50. The molecule has 0 atom stereocenters. The molecular formula is C15H19N5S. The number of nitrogens with one attached hydrogen (secondary N) is 1. The standard InChI is InChI=1S/C15H19N5S/c1-19(8-6-12-9-17-20(2)10-12)11-13-3-4-15(21-13)14-5-7-16-18-14/h3-5,7,9-10H,6,8,11H2,1-2H3,(H,16,18). The molecular weight excluding hydrogens is 282 g/mol. The molecule has 0 aromatic carbocycles. The van der Waals surface area contributed by atoms with Gasteiger partial charge in [-0.2, -0.15) is 10.2 Å². The second-order valence-corrected chi connectivity index (χ2v) is 6.41. The average Bonchev–Trinajstić information content (AvgIpc) is 3.16. The van der Waals surface area contributed by atoms with E-state index in [0.29, 0.717) is 0 Å². The monoisotopic (exact) mass is 301 g/mol. The van der Waals surface area contributed by atoms with E-state index in [2.05, 4.69) is 45.6 Å². The molecule has 0 spiro atoms. The third-order valence-electron chi connectivity index (χ3n) is 3.39. The summed E-state index contributed by atoms with van der Waals surface area (Å²) in [6, 6.07) is 6.35. The number of aryl methyl sites for hydroxylation is 1. The minimum atomic E-state index is 0.971. The summed E-state index contributed by atoms with van der Waals surface area (Å²) in [6.45, 7) is 2.00. The van der Waals surface area contributed by atoms with Crippen LogP contribution in [0.2, 0.25) is 0 Å². The lowest BCUT2D eigenvalue weighted by Crippen LogP contribution is -2.20. The molecule has 5 nitrogen and oxygen atoms in total. The zero-order valence-corrected chi connectivity index (χ0v) is 13.1. The first-order valence-corrected chi connectivity index (χ1v) is 7.77. The van der Waals surface area contributed by atoms with Crippen molar-refractivity contribution in [3.8, 4) is 10.6 Å². The molecule has 1 N–H and O–H groups in total. The largest absolute Gasteiger partial charge is 0.301 e. The number of hydrogen-bond acceptors (Lipinski definition) is 4. The summed E-state index contributed by atoms with van der Waals surface area (Å²) in [7, 11) is 4.11. The number of nitrogens with zero attached hydrogens (tertiary/aromatic N) is 4. The van der Waals surface area contributed by atoms with Crippen molar-refractivity contribution in [3.63, 3.8) is 0 Å². The predicted molar refractivity (Wildman–Crippen MR) is 85.1 cm³/mol. The van der Waals surface area contributed by atoms with Crippen LogP contribution in [0, 0.1) is 0 Å². The first-order valence-electron chi connectivity index (χ1n) is 6.95. The fraction of sp³-hybridized carbons (Fsp3) is 0.333. The lowest BCUT2D eigenvalue weighted by atomic mass is 10.2. The minimum absolute atomic E-state index is 0.971. The quantitative estimate of drug-likeness (QED) is 0.761. The van der Waals surface area contributed by atoms with Gasteiger partial charge in [-0.15, -0.1) is 11.3 Å². The molecule has 0 amide bonds. The van der Waals surface area contributed by atoms with Crippen molar-refractivity contribution in [2.24, 2.45) is 7.05 Å². The number of likely N-dealkylation sites (N-methyl/N-ethyl adjacent to an activating group) is 1. The molecule has 0 aliphatic rings. The second-order valence-electron chi connectivity index (χ2n) is 5.25. The number of H-pyrrole nitrogens is 1. The van der Waals surface area contributed by atoms with E-state index in [4.69, 9.17) is 0 Å². The summed E-state index contributed by atoms with van der Waals surface area (Å²) in [6.07, 6.45) is 6.84. The van der Waals surface area contributed by atoms with Crippen LogP contribution in [0.1, 0.15) is 10.4 Å². The van der Waals surface area contributed by atoms with Crippen molar-refractivity contribution in [2.75, 3.05) is 13.6 Å². The van der Waals surface area contributed by atoms with Gasteiger partial charge in [0.25, 0.3) is 0 Å². The van der Waals surface area contributed by atoms with E-state index in [1.54, 1.807) is 6.20 Å². The number of aromatic nitrogens is 4. The number of thiophene rings is 1. The van der Waals surface area contributed by atoms with E-state index in [0.717, 1.165) is 25.2 Å². The van der Waals surface area contributed by atoms with Crippen LogP contribution >= 0.6 is 11.3 Å². The summed E-state index contributed by atoms with van der Waals surface area (Å²) < 4.78 is 1.85. The van der Waals surface area contributed by atoms with Crippen molar-refractivity contribution in [1.29, 1.82) is 0 Å². The number of rotatable bonds is 6. The molecule has 0 bridgehead atoms. The second kappa shape index (κ2) is 6.24. The maximum atomic E-state index is 4.20. The van der Waals surface area contributed by atoms with E-state index < -0.39 is 0 Å². The van der Waals surface area contributed by atoms with Gasteiger partial charge in [-0.1, -0.05) is 0 Å². The van der Waals surface area contributed by atoms with Gasteiger partial charge in [0.2, 0.25) is 0 Å². The van der Waals surface area contributed by atoms with Gasteiger partial charge in [-0.3, -0.25) is 9.78 Å². The summed E-state index contributed by atoms with van der Waals surface area (Å²) in [5, 5.41) is 11.2. The van der Waals surface area contributed by atoms with Crippen LogP contribution < -0.4 is 0 Å². The minimum Gasteiger partial charge on any atom is -0.301 e. The van der Waals surface area contributed by atoms with Gasteiger partial charge < -0.3 is 4.90 Å². The highest BCUT2D eigenvalue weighted by Gasteiger charge is 2.07. The molecule has 110 valence electrons. The van der Waals surface area contributed by atoms with Crippen LogP contribution in [0.5, 0.6) is 0 Å². The maximum Gasteiger partial charge on any atom is 0.0749 e.